The summed E-state index contributed by atoms with van der Waals surface area (Å²) < 4.78 is 25.2. The third-order valence-electron chi connectivity index (χ3n) is 2.78. The molecule has 20 heavy (non-hydrogen) atoms. The lowest BCUT2D eigenvalue weighted by atomic mass is 10.2. The van der Waals surface area contributed by atoms with Crippen molar-refractivity contribution in [3.8, 4) is 0 Å². The van der Waals surface area contributed by atoms with Crippen LogP contribution in [0.5, 0.6) is 0 Å². The van der Waals surface area contributed by atoms with Crippen molar-refractivity contribution < 1.29 is 13.2 Å². The Labute approximate surface area is 125 Å². The zero-order valence-electron chi connectivity index (χ0n) is 11.8. The predicted molar refractivity (Wildman–Crippen MR) is 79.6 cm³/mol. The molecule has 1 rings (SSSR count). The van der Waals surface area contributed by atoms with Gasteiger partial charge in [0.1, 0.15) is 0 Å². The van der Waals surface area contributed by atoms with Crippen molar-refractivity contribution in [2.45, 2.75) is 24.7 Å². The second-order valence-corrected chi connectivity index (χ2v) is 7.10. The lowest BCUT2D eigenvalue weighted by Gasteiger charge is -2.13. The van der Waals surface area contributed by atoms with E-state index in [2.05, 4.69) is 5.32 Å². The molecule has 0 heterocycles. The number of unbranched alkanes of at least 4 members (excludes halogenated alkanes) is 1. The fourth-order valence-electron chi connectivity index (χ4n) is 1.52. The number of hydrogen-bond donors (Lipinski definition) is 1. The van der Waals surface area contributed by atoms with E-state index in [9.17, 15) is 13.2 Å². The Balaban J connectivity index is 3.07. The van der Waals surface area contributed by atoms with Crippen LogP contribution >= 0.6 is 11.6 Å². The summed E-state index contributed by atoms with van der Waals surface area (Å²) in [5.41, 5.74) is 0.172. The molecule has 0 aliphatic rings. The monoisotopic (exact) mass is 318 g/mol. The number of benzene rings is 1. The summed E-state index contributed by atoms with van der Waals surface area (Å²) in [7, 11) is -0.709. The van der Waals surface area contributed by atoms with E-state index < -0.39 is 10.0 Å². The first-order valence-corrected chi connectivity index (χ1v) is 8.12. The van der Waals surface area contributed by atoms with Gasteiger partial charge in [0.2, 0.25) is 10.0 Å². The molecule has 7 heteroatoms. The molecule has 112 valence electrons. The number of amides is 1. The molecule has 0 unspecified atom stereocenters. The molecule has 0 aromatic heterocycles. The first-order valence-electron chi connectivity index (χ1n) is 6.31. The number of rotatable bonds is 6. The highest BCUT2D eigenvalue weighted by Gasteiger charge is 2.20. The molecular weight excluding hydrogens is 300 g/mol. The van der Waals surface area contributed by atoms with Gasteiger partial charge in [-0.1, -0.05) is 24.9 Å². The van der Waals surface area contributed by atoms with Crippen molar-refractivity contribution in [3.63, 3.8) is 0 Å². The van der Waals surface area contributed by atoms with Crippen LogP contribution in [-0.4, -0.2) is 39.3 Å². The average Bonchev–Trinajstić information content (AvgIpc) is 2.38. The minimum atomic E-state index is -3.58. The van der Waals surface area contributed by atoms with Crippen LogP contribution in [0.4, 0.5) is 0 Å². The number of nitrogens with one attached hydrogen (secondary N) is 1. The lowest BCUT2D eigenvalue weighted by Crippen LogP contribution is -2.26. The van der Waals surface area contributed by atoms with Crippen molar-refractivity contribution in [3.05, 3.63) is 28.8 Å². The molecule has 0 aliphatic carbocycles. The number of hydrogen-bond acceptors (Lipinski definition) is 3. The van der Waals surface area contributed by atoms with Gasteiger partial charge in [-0.25, -0.2) is 12.7 Å². The summed E-state index contributed by atoms with van der Waals surface area (Å²) >= 11 is 5.96. The van der Waals surface area contributed by atoms with Crippen molar-refractivity contribution >= 4 is 27.5 Å². The van der Waals surface area contributed by atoms with E-state index in [4.69, 9.17) is 11.6 Å². The summed E-state index contributed by atoms with van der Waals surface area (Å²) in [6.45, 7) is 2.56. The summed E-state index contributed by atoms with van der Waals surface area (Å²) in [6, 6.07) is 4.12. The van der Waals surface area contributed by atoms with Crippen molar-refractivity contribution in [2.75, 3.05) is 20.6 Å². The Morgan fingerprint density at radius 1 is 1.35 bits per heavy atom. The van der Waals surface area contributed by atoms with Crippen LogP contribution in [-0.2, 0) is 10.0 Å². The maximum absolute atomic E-state index is 12.0. The van der Waals surface area contributed by atoms with Crippen LogP contribution in [0.15, 0.2) is 23.1 Å². The van der Waals surface area contributed by atoms with Gasteiger partial charge in [0.25, 0.3) is 5.91 Å². The zero-order valence-corrected chi connectivity index (χ0v) is 13.4. The van der Waals surface area contributed by atoms with Gasteiger partial charge < -0.3 is 5.32 Å². The van der Waals surface area contributed by atoms with Crippen molar-refractivity contribution in [1.29, 1.82) is 0 Å². The largest absolute Gasteiger partial charge is 0.352 e. The average molecular weight is 319 g/mol. The summed E-state index contributed by atoms with van der Waals surface area (Å²) in [5.74, 6) is -0.362. The molecule has 1 N–H and O–H groups in total. The van der Waals surface area contributed by atoms with Gasteiger partial charge in [0, 0.05) is 20.6 Å². The summed E-state index contributed by atoms with van der Waals surface area (Å²) in [6.07, 6.45) is 1.82. The van der Waals surface area contributed by atoms with Gasteiger partial charge in [-0.2, -0.15) is 0 Å². The first kappa shape index (κ1) is 16.9. The van der Waals surface area contributed by atoms with E-state index in [1.54, 1.807) is 0 Å². The quantitative estimate of drug-likeness (QED) is 0.817. The molecule has 0 saturated heterocycles. The van der Waals surface area contributed by atoms with E-state index in [1.165, 1.54) is 32.3 Å². The minimum Gasteiger partial charge on any atom is -0.352 e. The molecule has 0 atom stereocenters. The maximum Gasteiger partial charge on any atom is 0.252 e. The molecular formula is C13H19ClN2O3S. The maximum atomic E-state index is 12.0. The normalized spacial score (nSPS) is 11.7. The zero-order chi connectivity index (χ0) is 15.3. The van der Waals surface area contributed by atoms with Crippen molar-refractivity contribution in [2.24, 2.45) is 0 Å². The Morgan fingerprint density at radius 3 is 2.55 bits per heavy atom. The molecule has 0 aliphatic heterocycles. The number of nitrogens with zero attached hydrogens (tertiary/aromatic N) is 1. The molecule has 1 aromatic carbocycles. The summed E-state index contributed by atoms with van der Waals surface area (Å²) in [4.78, 5) is 12.0. The van der Waals surface area contributed by atoms with Crippen LogP contribution in [0, 0.1) is 0 Å². The van der Waals surface area contributed by atoms with Gasteiger partial charge in [-0.15, -0.1) is 0 Å². The highest BCUT2D eigenvalue weighted by molar-refractivity contribution is 7.89. The molecule has 0 saturated carbocycles. The Bertz CT molecular complexity index is 585. The van der Waals surface area contributed by atoms with Crippen LogP contribution in [0.1, 0.15) is 30.1 Å². The summed E-state index contributed by atoms with van der Waals surface area (Å²) in [5, 5.41) is 2.95. The molecule has 1 aromatic rings. The number of halogens is 1. The third kappa shape index (κ3) is 3.94. The lowest BCUT2D eigenvalue weighted by molar-refractivity contribution is 0.0953. The molecule has 0 spiro atoms. The minimum absolute atomic E-state index is 0.0486. The standard InChI is InChI=1S/C13H19ClN2O3S/c1-4-5-8-15-13(17)11-9-10(6-7-12(11)14)20(18,19)16(2)3/h6-7,9H,4-5,8H2,1-3H3,(H,15,17). The molecule has 0 bridgehead atoms. The number of sulfonamides is 1. The number of carbonyl (C=O) groups is 1. The Hall–Kier alpha value is -1.11. The van der Waals surface area contributed by atoms with Crippen LogP contribution in [0.3, 0.4) is 0 Å². The second-order valence-electron chi connectivity index (χ2n) is 4.54. The third-order valence-corrected chi connectivity index (χ3v) is 4.92. The fourth-order valence-corrected chi connectivity index (χ4v) is 2.66. The van der Waals surface area contributed by atoms with Gasteiger partial charge in [-0.05, 0) is 24.6 Å². The molecule has 5 nitrogen and oxygen atoms in total. The van der Waals surface area contributed by atoms with E-state index >= 15 is 0 Å². The van der Waals surface area contributed by atoms with Gasteiger partial charge in [0.15, 0.2) is 0 Å². The Morgan fingerprint density at radius 2 is 2.00 bits per heavy atom. The van der Waals surface area contributed by atoms with Gasteiger partial charge in [0.05, 0.1) is 15.5 Å². The second kappa shape index (κ2) is 7.06. The van der Waals surface area contributed by atoms with Crippen LogP contribution in [0.25, 0.3) is 0 Å². The van der Waals surface area contributed by atoms with E-state index in [0.29, 0.717) is 6.54 Å². The molecule has 0 radical (unpaired) electrons. The predicted octanol–water partition coefficient (Wildman–Crippen LogP) is 2.12. The molecule has 0 fully saturated rings. The SMILES string of the molecule is CCCCNC(=O)c1cc(S(=O)(=O)N(C)C)ccc1Cl. The topological polar surface area (TPSA) is 66.5 Å². The highest BCUT2D eigenvalue weighted by Crippen LogP contribution is 2.22. The molecule has 1 amide bonds. The fraction of sp³-hybridized carbons (Fsp3) is 0.462. The Kier molecular flexibility index (Phi) is 5.98. The van der Waals surface area contributed by atoms with Gasteiger partial charge in [-0.3, -0.25) is 4.79 Å². The van der Waals surface area contributed by atoms with E-state index in [-0.39, 0.29) is 21.4 Å². The van der Waals surface area contributed by atoms with Crippen LogP contribution < -0.4 is 5.32 Å². The smallest absolute Gasteiger partial charge is 0.252 e. The van der Waals surface area contributed by atoms with E-state index in [1.807, 2.05) is 6.92 Å². The van der Waals surface area contributed by atoms with Crippen LogP contribution in [0.2, 0.25) is 5.02 Å². The van der Waals surface area contributed by atoms with Crippen molar-refractivity contribution in [1.82, 2.24) is 9.62 Å². The highest BCUT2D eigenvalue weighted by atomic mass is 35.5. The van der Waals surface area contributed by atoms with Gasteiger partial charge >= 0.3 is 0 Å². The van der Waals surface area contributed by atoms with E-state index in [0.717, 1.165) is 17.1 Å². The number of carbonyl (C=O) groups excluding carboxylic acids is 1. The first-order chi connectivity index (χ1) is 9.30.